The van der Waals surface area contributed by atoms with Crippen LogP contribution >= 0.6 is 0 Å². The number of hydrogen-bond acceptors (Lipinski definition) is 2. The molecule has 2 atom stereocenters. The van der Waals surface area contributed by atoms with Crippen molar-refractivity contribution in [3.8, 4) is 0 Å². The predicted molar refractivity (Wildman–Crippen MR) is 72.8 cm³/mol. The lowest BCUT2D eigenvalue weighted by atomic mass is 9.82. The van der Waals surface area contributed by atoms with Crippen LogP contribution in [0, 0.1) is 17.2 Å². The predicted octanol–water partition coefficient (Wildman–Crippen LogP) is 3.13. The van der Waals surface area contributed by atoms with Crippen LogP contribution in [0.5, 0.6) is 0 Å². The topological polar surface area (TPSA) is 32.3 Å². The first-order valence-corrected chi connectivity index (χ1v) is 6.45. The molecule has 0 fully saturated rings. The minimum Gasteiger partial charge on any atom is -0.387 e. The summed E-state index contributed by atoms with van der Waals surface area (Å²) >= 11 is 0. The van der Waals surface area contributed by atoms with Crippen LogP contribution < -0.4 is 5.32 Å². The second-order valence-corrected chi connectivity index (χ2v) is 6.00. The number of aliphatic hydroxyl groups is 1. The summed E-state index contributed by atoms with van der Waals surface area (Å²) in [5.74, 6) is 0.201. The number of benzene rings is 1. The fraction of sp³-hybridized carbons (Fsp3) is 0.600. The van der Waals surface area contributed by atoms with Gasteiger partial charge in [-0.1, -0.05) is 39.8 Å². The van der Waals surface area contributed by atoms with E-state index in [4.69, 9.17) is 0 Å². The van der Waals surface area contributed by atoms with E-state index in [1.165, 1.54) is 12.1 Å². The summed E-state index contributed by atoms with van der Waals surface area (Å²) in [4.78, 5) is 0. The van der Waals surface area contributed by atoms with Crippen molar-refractivity contribution in [2.24, 2.45) is 11.3 Å². The lowest BCUT2D eigenvalue weighted by Crippen LogP contribution is -2.32. The van der Waals surface area contributed by atoms with Crippen LogP contribution in [-0.4, -0.2) is 18.2 Å². The van der Waals surface area contributed by atoms with Crippen LogP contribution in [0.1, 0.15) is 39.4 Å². The molecule has 0 heterocycles. The van der Waals surface area contributed by atoms with E-state index in [0.717, 1.165) is 6.54 Å². The summed E-state index contributed by atoms with van der Waals surface area (Å²) in [5, 5.41) is 13.2. The largest absolute Gasteiger partial charge is 0.387 e. The molecule has 1 aromatic carbocycles. The lowest BCUT2D eigenvalue weighted by Gasteiger charge is -2.27. The average Bonchev–Trinajstić information content (AvgIpc) is 2.27. The highest BCUT2D eigenvalue weighted by molar-refractivity contribution is 5.18. The van der Waals surface area contributed by atoms with Gasteiger partial charge < -0.3 is 10.4 Å². The van der Waals surface area contributed by atoms with Crippen molar-refractivity contribution in [3.05, 3.63) is 35.6 Å². The Morgan fingerprint density at radius 2 is 1.94 bits per heavy atom. The van der Waals surface area contributed by atoms with Crippen molar-refractivity contribution in [1.29, 1.82) is 0 Å². The van der Waals surface area contributed by atoms with Crippen LogP contribution in [0.4, 0.5) is 4.39 Å². The Kier molecular flexibility index (Phi) is 5.29. The first kappa shape index (κ1) is 15.1. The van der Waals surface area contributed by atoms with E-state index in [1.807, 2.05) is 0 Å². The average molecular weight is 253 g/mol. The summed E-state index contributed by atoms with van der Waals surface area (Å²) in [6, 6.07) is 6.11. The fourth-order valence-electron chi connectivity index (χ4n) is 1.57. The monoisotopic (exact) mass is 253 g/mol. The number of hydrogen-bond donors (Lipinski definition) is 2. The molecule has 0 saturated heterocycles. The number of halogens is 1. The van der Waals surface area contributed by atoms with Gasteiger partial charge in [-0.05, 0) is 35.6 Å². The van der Waals surface area contributed by atoms with Crippen LogP contribution in [0.25, 0.3) is 0 Å². The van der Waals surface area contributed by atoms with Gasteiger partial charge in [0, 0.05) is 6.54 Å². The third-order valence-electron chi connectivity index (χ3n) is 3.50. The molecule has 0 bridgehead atoms. The Morgan fingerprint density at radius 1 is 1.28 bits per heavy atom. The van der Waals surface area contributed by atoms with E-state index in [1.54, 1.807) is 12.1 Å². The maximum absolute atomic E-state index is 13.0. The Labute approximate surface area is 109 Å². The SMILES string of the molecule is CC(CNCC(O)c1cccc(F)c1)C(C)(C)C. The van der Waals surface area contributed by atoms with Crippen molar-refractivity contribution in [3.63, 3.8) is 0 Å². The first-order chi connectivity index (χ1) is 8.30. The van der Waals surface area contributed by atoms with E-state index in [0.29, 0.717) is 18.0 Å². The van der Waals surface area contributed by atoms with Gasteiger partial charge in [0.1, 0.15) is 5.82 Å². The molecule has 3 heteroatoms. The van der Waals surface area contributed by atoms with Crippen molar-refractivity contribution in [1.82, 2.24) is 5.32 Å². The number of nitrogens with one attached hydrogen (secondary N) is 1. The van der Waals surface area contributed by atoms with E-state index in [2.05, 4.69) is 33.0 Å². The Balaban J connectivity index is 2.40. The molecule has 102 valence electrons. The van der Waals surface area contributed by atoms with Gasteiger partial charge in [0.2, 0.25) is 0 Å². The minimum absolute atomic E-state index is 0.247. The second kappa shape index (κ2) is 6.30. The molecule has 1 rings (SSSR count). The third kappa shape index (κ3) is 4.75. The molecule has 2 unspecified atom stereocenters. The van der Waals surface area contributed by atoms with Crippen molar-refractivity contribution in [2.75, 3.05) is 13.1 Å². The number of rotatable bonds is 5. The zero-order valence-corrected chi connectivity index (χ0v) is 11.7. The van der Waals surface area contributed by atoms with Gasteiger partial charge in [-0.2, -0.15) is 0 Å². The van der Waals surface area contributed by atoms with E-state index in [9.17, 15) is 9.50 Å². The summed E-state index contributed by atoms with van der Waals surface area (Å²) < 4.78 is 13.0. The van der Waals surface area contributed by atoms with E-state index in [-0.39, 0.29) is 11.2 Å². The van der Waals surface area contributed by atoms with Gasteiger partial charge in [0.05, 0.1) is 6.10 Å². The van der Waals surface area contributed by atoms with Crippen LogP contribution in [0.3, 0.4) is 0 Å². The maximum Gasteiger partial charge on any atom is 0.123 e. The van der Waals surface area contributed by atoms with Crippen molar-refractivity contribution in [2.45, 2.75) is 33.8 Å². The Hall–Kier alpha value is -0.930. The molecule has 2 nitrogen and oxygen atoms in total. The summed E-state index contributed by atoms with van der Waals surface area (Å²) in [6.45, 7) is 10.1. The highest BCUT2D eigenvalue weighted by atomic mass is 19.1. The summed E-state index contributed by atoms with van der Waals surface area (Å²) in [7, 11) is 0. The number of aliphatic hydroxyl groups excluding tert-OH is 1. The fourth-order valence-corrected chi connectivity index (χ4v) is 1.57. The Bertz CT molecular complexity index is 373. The lowest BCUT2D eigenvalue weighted by molar-refractivity contribution is 0.165. The quantitative estimate of drug-likeness (QED) is 0.845. The van der Waals surface area contributed by atoms with Crippen molar-refractivity contribution < 1.29 is 9.50 Å². The highest BCUT2D eigenvalue weighted by Crippen LogP contribution is 2.24. The molecule has 0 saturated carbocycles. The molecular formula is C15H24FNO. The molecule has 0 aromatic heterocycles. The zero-order valence-electron chi connectivity index (χ0n) is 11.7. The smallest absolute Gasteiger partial charge is 0.123 e. The molecule has 18 heavy (non-hydrogen) atoms. The van der Waals surface area contributed by atoms with Gasteiger partial charge in [0.15, 0.2) is 0 Å². The molecule has 0 aliphatic rings. The third-order valence-corrected chi connectivity index (χ3v) is 3.50. The summed E-state index contributed by atoms with van der Waals surface area (Å²) in [6.07, 6.45) is -0.659. The molecular weight excluding hydrogens is 229 g/mol. The molecule has 0 aliphatic carbocycles. The van der Waals surface area contributed by atoms with Gasteiger partial charge in [-0.3, -0.25) is 0 Å². The standard InChI is InChI=1S/C15H24FNO/c1-11(15(2,3)4)9-17-10-14(18)12-6-5-7-13(16)8-12/h5-8,11,14,17-18H,9-10H2,1-4H3. The van der Waals surface area contributed by atoms with E-state index < -0.39 is 6.10 Å². The van der Waals surface area contributed by atoms with Gasteiger partial charge in [-0.15, -0.1) is 0 Å². The van der Waals surface area contributed by atoms with Crippen molar-refractivity contribution >= 4 is 0 Å². The first-order valence-electron chi connectivity index (χ1n) is 6.45. The minimum atomic E-state index is -0.659. The molecule has 0 radical (unpaired) electrons. The molecule has 2 N–H and O–H groups in total. The van der Waals surface area contributed by atoms with Crippen LogP contribution in [-0.2, 0) is 0 Å². The van der Waals surface area contributed by atoms with Gasteiger partial charge >= 0.3 is 0 Å². The maximum atomic E-state index is 13.0. The molecule has 0 amide bonds. The van der Waals surface area contributed by atoms with Crippen LogP contribution in [0.15, 0.2) is 24.3 Å². The second-order valence-electron chi connectivity index (χ2n) is 6.00. The highest BCUT2D eigenvalue weighted by Gasteiger charge is 2.19. The van der Waals surface area contributed by atoms with E-state index >= 15 is 0 Å². The molecule has 0 spiro atoms. The Morgan fingerprint density at radius 3 is 2.50 bits per heavy atom. The summed E-state index contributed by atoms with van der Waals surface area (Å²) in [5.41, 5.74) is 0.863. The van der Waals surface area contributed by atoms with Gasteiger partial charge in [0.25, 0.3) is 0 Å². The molecule has 0 aliphatic heterocycles. The normalized spacial score (nSPS) is 15.4. The van der Waals surface area contributed by atoms with Crippen LogP contribution in [0.2, 0.25) is 0 Å². The van der Waals surface area contributed by atoms with Gasteiger partial charge in [-0.25, -0.2) is 4.39 Å². The molecule has 1 aromatic rings. The zero-order chi connectivity index (χ0) is 13.8.